The molecule has 0 bridgehead atoms. The smallest absolute Gasteiger partial charge is 0.342 e. The molecule has 112 valence electrons. The van der Waals surface area contributed by atoms with Gasteiger partial charge in [0.05, 0.1) is 5.69 Å². The number of halogens is 1. The summed E-state index contributed by atoms with van der Waals surface area (Å²) in [5.74, 6) is -2.17. The van der Waals surface area contributed by atoms with Crippen LogP contribution in [0.25, 0.3) is 0 Å². The zero-order chi connectivity index (χ0) is 15.4. The molecule has 0 spiro atoms. The Kier molecular flexibility index (Phi) is 4.57. The number of ether oxygens (including phenoxy) is 1. The number of rotatable bonds is 6. The van der Waals surface area contributed by atoms with Gasteiger partial charge in [-0.2, -0.15) is 5.10 Å². The number of carboxylic acids is 1. The van der Waals surface area contributed by atoms with Crippen LogP contribution in [0.2, 0.25) is 0 Å². The summed E-state index contributed by atoms with van der Waals surface area (Å²) in [6.45, 7) is 4.20. The standard InChI is InChI=1S/C15H17FN2O3/c1-3-10(2)18-8-7-11(17-18)9-21-13-6-4-5-12(16)14(13)15(19)20/h4-8,10H,3,9H2,1-2H3,(H,19,20). The normalized spacial score (nSPS) is 12.1. The van der Waals surface area contributed by atoms with Crippen LogP contribution in [0.4, 0.5) is 4.39 Å². The maximum Gasteiger partial charge on any atom is 0.342 e. The predicted molar refractivity (Wildman–Crippen MR) is 74.9 cm³/mol. The van der Waals surface area contributed by atoms with Crippen LogP contribution < -0.4 is 4.74 Å². The van der Waals surface area contributed by atoms with Gasteiger partial charge in [0, 0.05) is 12.2 Å². The van der Waals surface area contributed by atoms with Gasteiger partial charge in [0.1, 0.15) is 23.7 Å². The number of nitrogens with zero attached hydrogens (tertiary/aromatic N) is 2. The van der Waals surface area contributed by atoms with E-state index < -0.39 is 17.3 Å². The summed E-state index contributed by atoms with van der Waals surface area (Å²) in [4.78, 5) is 11.0. The third-order valence-corrected chi connectivity index (χ3v) is 3.27. The second kappa shape index (κ2) is 6.39. The van der Waals surface area contributed by atoms with E-state index in [0.717, 1.165) is 12.5 Å². The van der Waals surface area contributed by atoms with Crippen LogP contribution in [0.1, 0.15) is 42.4 Å². The molecule has 1 N–H and O–H groups in total. The quantitative estimate of drug-likeness (QED) is 0.887. The molecule has 0 fully saturated rings. The Labute approximate surface area is 122 Å². The summed E-state index contributed by atoms with van der Waals surface area (Å²) in [6.07, 6.45) is 2.80. The van der Waals surface area contributed by atoms with Crippen molar-refractivity contribution < 1.29 is 19.0 Å². The maximum absolute atomic E-state index is 13.5. The van der Waals surface area contributed by atoms with E-state index in [-0.39, 0.29) is 18.4 Å². The number of benzene rings is 1. The number of carboxylic acid groups (broad SMARTS) is 1. The van der Waals surface area contributed by atoms with E-state index in [1.165, 1.54) is 12.1 Å². The van der Waals surface area contributed by atoms with Crippen molar-refractivity contribution >= 4 is 5.97 Å². The van der Waals surface area contributed by atoms with E-state index in [9.17, 15) is 9.18 Å². The van der Waals surface area contributed by atoms with E-state index in [0.29, 0.717) is 5.69 Å². The Hall–Kier alpha value is -2.37. The highest BCUT2D eigenvalue weighted by atomic mass is 19.1. The minimum absolute atomic E-state index is 0.000546. The minimum atomic E-state index is -1.35. The zero-order valence-corrected chi connectivity index (χ0v) is 11.9. The lowest BCUT2D eigenvalue weighted by Crippen LogP contribution is -2.08. The Morgan fingerprint density at radius 2 is 2.24 bits per heavy atom. The van der Waals surface area contributed by atoms with Crippen LogP contribution in [-0.4, -0.2) is 20.9 Å². The highest BCUT2D eigenvalue weighted by Gasteiger charge is 2.17. The first-order chi connectivity index (χ1) is 10.0. The van der Waals surface area contributed by atoms with Crippen molar-refractivity contribution in [3.05, 3.63) is 47.5 Å². The number of hydrogen-bond acceptors (Lipinski definition) is 3. The molecule has 1 aromatic heterocycles. The molecule has 1 unspecified atom stereocenters. The third-order valence-electron chi connectivity index (χ3n) is 3.27. The summed E-state index contributed by atoms with van der Waals surface area (Å²) in [6, 6.07) is 6.01. The van der Waals surface area contributed by atoms with Gasteiger partial charge in [0.15, 0.2) is 0 Å². The number of aromatic nitrogens is 2. The van der Waals surface area contributed by atoms with Gasteiger partial charge in [0.25, 0.3) is 0 Å². The summed E-state index contributed by atoms with van der Waals surface area (Å²) < 4.78 is 20.7. The molecule has 0 saturated heterocycles. The van der Waals surface area contributed by atoms with Crippen molar-refractivity contribution in [2.45, 2.75) is 32.9 Å². The summed E-state index contributed by atoms with van der Waals surface area (Å²) in [5.41, 5.74) is 0.203. The van der Waals surface area contributed by atoms with Crippen molar-refractivity contribution in [3.8, 4) is 5.75 Å². The van der Waals surface area contributed by atoms with Gasteiger partial charge < -0.3 is 9.84 Å². The summed E-state index contributed by atoms with van der Waals surface area (Å²) in [5, 5.41) is 13.4. The Morgan fingerprint density at radius 3 is 2.90 bits per heavy atom. The molecular formula is C15H17FN2O3. The van der Waals surface area contributed by atoms with Gasteiger partial charge >= 0.3 is 5.97 Å². The largest absolute Gasteiger partial charge is 0.486 e. The first-order valence-corrected chi connectivity index (χ1v) is 6.71. The van der Waals surface area contributed by atoms with Crippen LogP contribution in [-0.2, 0) is 6.61 Å². The number of hydrogen-bond donors (Lipinski definition) is 1. The van der Waals surface area contributed by atoms with E-state index in [1.807, 2.05) is 17.8 Å². The molecule has 2 rings (SSSR count). The first kappa shape index (κ1) is 15.0. The van der Waals surface area contributed by atoms with Gasteiger partial charge in [0.2, 0.25) is 0 Å². The third kappa shape index (κ3) is 3.39. The van der Waals surface area contributed by atoms with Crippen molar-refractivity contribution in [2.24, 2.45) is 0 Å². The molecule has 0 radical (unpaired) electrons. The highest BCUT2D eigenvalue weighted by molar-refractivity contribution is 5.91. The molecule has 2 aromatic rings. The average molecular weight is 292 g/mol. The minimum Gasteiger partial charge on any atom is -0.486 e. The molecule has 0 amide bonds. The molecule has 1 heterocycles. The number of aromatic carboxylic acids is 1. The molecule has 6 heteroatoms. The van der Waals surface area contributed by atoms with E-state index in [4.69, 9.17) is 9.84 Å². The lowest BCUT2D eigenvalue weighted by atomic mass is 10.2. The monoisotopic (exact) mass is 292 g/mol. The van der Waals surface area contributed by atoms with Gasteiger partial charge in [-0.05, 0) is 31.5 Å². The topological polar surface area (TPSA) is 64.3 Å². The first-order valence-electron chi connectivity index (χ1n) is 6.71. The average Bonchev–Trinajstić information content (AvgIpc) is 2.92. The Morgan fingerprint density at radius 1 is 1.48 bits per heavy atom. The van der Waals surface area contributed by atoms with E-state index >= 15 is 0 Å². The molecule has 1 atom stereocenters. The van der Waals surface area contributed by atoms with Gasteiger partial charge in [-0.1, -0.05) is 13.0 Å². The fourth-order valence-electron chi connectivity index (χ4n) is 1.87. The Balaban J connectivity index is 2.12. The maximum atomic E-state index is 13.5. The molecule has 0 saturated carbocycles. The summed E-state index contributed by atoms with van der Waals surface area (Å²) in [7, 11) is 0. The van der Waals surface area contributed by atoms with E-state index in [1.54, 1.807) is 6.07 Å². The summed E-state index contributed by atoms with van der Waals surface area (Å²) >= 11 is 0. The van der Waals surface area contributed by atoms with Crippen molar-refractivity contribution in [3.63, 3.8) is 0 Å². The lowest BCUT2D eigenvalue weighted by molar-refractivity contribution is 0.0686. The van der Waals surface area contributed by atoms with Crippen molar-refractivity contribution in [2.75, 3.05) is 0 Å². The van der Waals surface area contributed by atoms with Crippen molar-refractivity contribution in [1.82, 2.24) is 9.78 Å². The van der Waals surface area contributed by atoms with Crippen LogP contribution in [0, 0.1) is 5.82 Å². The predicted octanol–water partition coefficient (Wildman–Crippen LogP) is 3.27. The van der Waals surface area contributed by atoms with Crippen LogP contribution in [0.5, 0.6) is 5.75 Å². The Bertz CT molecular complexity index is 640. The number of carbonyl (C=O) groups is 1. The van der Waals surface area contributed by atoms with Crippen LogP contribution in [0.3, 0.4) is 0 Å². The molecule has 5 nitrogen and oxygen atoms in total. The fourth-order valence-corrected chi connectivity index (χ4v) is 1.87. The van der Waals surface area contributed by atoms with Crippen molar-refractivity contribution in [1.29, 1.82) is 0 Å². The van der Waals surface area contributed by atoms with Gasteiger partial charge in [-0.3, -0.25) is 4.68 Å². The second-order valence-electron chi connectivity index (χ2n) is 4.75. The van der Waals surface area contributed by atoms with Gasteiger partial charge in [-0.25, -0.2) is 9.18 Å². The van der Waals surface area contributed by atoms with Crippen LogP contribution in [0.15, 0.2) is 30.5 Å². The molecule has 0 aliphatic rings. The molecular weight excluding hydrogens is 275 g/mol. The SMILES string of the molecule is CCC(C)n1ccc(COc2cccc(F)c2C(=O)O)n1. The van der Waals surface area contributed by atoms with E-state index in [2.05, 4.69) is 12.0 Å². The lowest BCUT2D eigenvalue weighted by Gasteiger charge is -2.09. The second-order valence-corrected chi connectivity index (χ2v) is 4.75. The molecule has 0 aliphatic carbocycles. The highest BCUT2D eigenvalue weighted by Crippen LogP contribution is 2.22. The molecule has 1 aromatic carbocycles. The molecule has 0 aliphatic heterocycles. The van der Waals surface area contributed by atoms with Gasteiger partial charge in [-0.15, -0.1) is 0 Å². The van der Waals surface area contributed by atoms with Crippen LogP contribution >= 0.6 is 0 Å². The molecule has 21 heavy (non-hydrogen) atoms. The zero-order valence-electron chi connectivity index (χ0n) is 11.9. The fraction of sp³-hybridized carbons (Fsp3) is 0.333.